The quantitative estimate of drug-likeness (QED) is 0.205. The summed E-state index contributed by atoms with van der Waals surface area (Å²) in [5.74, 6) is -0.542. The van der Waals surface area contributed by atoms with Gasteiger partial charge < -0.3 is 20.1 Å². The number of carbonyl (C=O) groups is 2. The number of anilines is 4. The Balaban J connectivity index is 1.02. The van der Waals surface area contributed by atoms with Gasteiger partial charge >= 0.3 is 12.1 Å². The second-order valence-corrected chi connectivity index (χ2v) is 12.0. The van der Waals surface area contributed by atoms with Gasteiger partial charge in [-0.3, -0.25) is 9.88 Å². The molecule has 5 aromatic rings. The number of urea groups is 2. The normalized spacial score (nSPS) is 15.4. The van der Waals surface area contributed by atoms with Crippen LogP contribution in [0.5, 0.6) is 0 Å². The third-order valence-corrected chi connectivity index (χ3v) is 9.16. The second-order valence-electron chi connectivity index (χ2n) is 10.9. The zero-order valence-corrected chi connectivity index (χ0v) is 24.8. The molecule has 0 aliphatic carbocycles. The number of imidazole rings is 1. The van der Waals surface area contributed by atoms with Gasteiger partial charge in [-0.05, 0) is 68.4 Å². The van der Waals surface area contributed by atoms with Crippen LogP contribution >= 0.6 is 11.3 Å². The maximum Gasteiger partial charge on any atom is 0.332 e. The number of hydrogen-bond donors (Lipinski definition) is 2. The van der Waals surface area contributed by atoms with Gasteiger partial charge in [-0.15, -0.1) is 11.3 Å². The molecular weight excluding hydrogens is 579 g/mol. The fraction of sp³-hybridized carbons (Fsp3) is 0.250. The van der Waals surface area contributed by atoms with Crippen LogP contribution in [0.15, 0.2) is 79.4 Å². The minimum Gasteiger partial charge on any atom is -0.352 e. The van der Waals surface area contributed by atoms with Crippen molar-refractivity contribution < 1.29 is 14.0 Å². The van der Waals surface area contributed by atoms with Crippen LogP contribution in [0.3, 0.4) is 0 Å². The van der Waals surface area contributed by atoms with Gasteiger partial charge in [0.2, 0.25) is 0 Å². The molecule has 0 bridgehead atoms. The lowest BCUT2D eigenvalue weighted by Crippen LogP contribution is -2.39. The molecule has 0 spiro atoms. The second kappa shape index (κ2) is 12.1. The highest BCUT2D eigenvalue weighted by molar-refractivity contribution is 7.22. The highest BCUT2D eigenvalue weighted by atomic mass is 32.1. The first-order chi connectivity index (χ1) is 21.5. The molecular formula is C32H31FN8O2S. The number of hydrogen-bond acceptors (Lipinski definition) is 7. The first-order valence-corrected chi connectivity index (χ1v) is 15.5. The van der Waals surface area contributed by atoms with Crippen LogP contribution < -0.4 is 15.5 Å². The van der Waals surface area contributed by atoms with E-state index in [1.54, 1.807) is 34.6 Å². The number of nitrogens with zero attached hydrogens (tertiary/aromatic N) is 6. The van der Waals surface area contributed by atoms with E-state index in [1.165, 1.54) is 32.0 Å². The summed E-state index contributed by atoms with van der Waals surface area (Å²) < 4.78 is 18.3. The summed E-state index contributed by atoms with van der Waals surface area (Å²) in [7, 11) is 0. The Labute approximate surface area is 257 Å². The first kappa shape index (κ1) is 28.0. The molecule has 4 amide bonds. The number of thiophene rings is 1. The predicted molar refractivity (Wildman–Crippen MR) is 171 cm³/mol. The number of imide groups is 1. The average Bonchev–Trinajstić information content (AvgIpc) is 3.85. The zero-order chi connectivity index (χ0) is 30.0. The van der Waals surface area contributed by atoms with Crippen LogP contribution in [0.4, 0.5) is 36.7 Å². The van der Waals surface area contributed by atoms with E-state index in [1.807, 2.05) is 48.8 Å². The minimum atomic E-state index is -0.603. The number of pyridine rings is 1. The molecule has 2 aliphatic heterocycles. The zero-order valence-electron chi connectivity index (χ0n) is 23.9. The Morgan fingerprint density at radius 1 is 0.932 bits per heavy atom. The number of nitrogens with one attached hydrogen (secondary N) is 2. The van der Waals surface area contributed by atoms with Gasteiger partial charge in [0.15, 0.2) is 0 Å². The van der Waals surface area contributed by atoms with E-state index in [0.29, 0.717) is 6.54 Å². The lowest BCUT2D eigenvalue weighted by atomic mass is 10.2. The van der Waals surface area contributed by atoms with Gasteiger partial charge in [0.25, 0.3) is 0 Å². The van der Waals surface area contributed by atoms with E-state index in [9.17, 15) is 9.59 Å². The number of benzene rings is 2. The summed E-state index contributed by atoms with van der Waals surface area (Å²) in [5.41, 5.74) is 3.63. The molecule has 0 radical (unpaired) electrons. The van der Waals surface area contributed by atoms with E-state index in [4.69, 9.17) is 0 Å². The number of fused-ring (bicyclic) bond motifs is 1. The summed E-state index contributed by atoms with van der Waals surface area (Å²) >= 11 is 1.55. The van der Waals surface area contributed by atoms with Crippen molar-refractivity contribution in [2.75, 3.05) is 48.3 Å². The van der Waals surface area contributed by atoms with E-state index >= 15 is 4.39 Å². The molecule has 0 saturated carbocycles. The summed E-state index contributed by atoms with van der Waals surface area (Å²) in [6, 6.07) is 16.4. The third kappa shape index (κ3) is 5.73. The van der Waals surface area contributed by atoms with E-state index in [2.05, 4.69) is 36.3 Å². The third-order valence-electron chi connectivity index (χ3n) is 7.98. The van der Waals surface area contributed by atoms with Gasteiger partial charge in [0.1, 0.15) is 5.82 Å². The molecule has 7 rings (SSSR count). The van der Waals surface area contributed by atoms with Crippen LogP contribution in [0.2, 0.25) is 0 Å². The van der Waals surface area contributed by atoms with Crippen molar-refractivity contribution >= 4 is 56.4 Å². The van der Waals surface area contributed by atoms with Crippen molar-refractivity contribution in [2.45, 2.75) is 19.4 Å². The number of rotatable bonds is 8. The van der Waals surface area contributed by atoms with Gasteiger partial charge in [0, 0.05) is 43.4 Å². The highest BCUT2D eigenvalue weighted by Crippen LogP contribution is 2.37. The predicted octanol–water partition coefficient (Wildman–Crippen LogP) is 6.61. The highest BCUT2D eigenvalue weighted by Gasteiger charge is 2.34. The van der Waals surface area contributed by atoms with Crippen molar-refractivity contribution in [3.8, 4) is 10.6 Å². The van der Waals surface area contributed by atoms with E-state index in [-0.39, 0.29) is 17.9 Å². The van der Waals surface area contributed by atoms with Crippen molar-refractivity contribution in [1.82, 2.24) is 24.3 Å². The van der Waals surface area contributed by atoms with Crippen LogP contribution in [-0.4, -0.2) is 69.1 Å². The van der Waals surface area contributed by atoms with Crippen LogP contribution in [0, 0.1) is 5.82 Å². The number of likely N-dealkylation sites (tertiary alicyclic amines) is 1. The summed E-state index contributed by atoms with van der Waals surface area (Å²) in [4.78, 5) is 41.0. The number of aromatic nitrogens is 3. The molecule has 0 atom stereocenters. The monoisotopic (exact) mass is 610 g/mol. The van der Waals surface area contributed by atoms with Crippen LogP contribution in [0.25, 0.3) is 20.8 Å². The molecule has 2 fully saturated rings. The standard InChI is InChI=1S/C32H31FN8O2S/c33-24-18-22(36-31(42)41-17-16-40(32(41)43)23-6-2-1-3-7-23)8-9-25(24)37-26-10-11-34-27-19-29(44-30(26)27)28-20-39(21-35-28)15-14-38-12-4-5-13-38/h1-3,6-11,18-21H,4-5,12-17H2,(H,34,37)(H,36,42). The summed E-state index contributed by atoms with van der Waals surface area (Å²) in [6.07, 6.45) is 8.18. The molecule has 2 aliphatic rings. The molecule has 5 heterocycles. The van der Waals surface area contributed by atoms with Crippen molar-refractivity contribution in [2.24, 2.45) is 0 Å². The number of para-hydroxylation sites is 1. The van der Waals surface area contributed by atoms with Crippen molar-refractivity contribution in [1.29, 1.82) is 0 Å². The molecule has 224 valence electrons. The Hall–Kier alpha value is -4.81. The fourth-order valence-electron chi connectivity index (χ4n) is 5.64. The maximum atomic E-state index is 15.3. The molecule has 2 N–H and O–H groups in total. The number of halogens is 1. The molecule has 2 aromatic carbocycles. The lowest BCUT2D eigenvalue weighted by molar-refractivity contribution is 0.209. The van der Waals surface area contributed by atoms with Crippen LogP contribution in [0.1, 0.15) is 12.8 Å². The molecule has 0 unspecified atom stereocenters. The largest absolute Gasteiger partial charge is 0.352 e. The number of carbonyl (C=O) groups excluding carboxylic acids is 2. The Kier molecular flexibility index (Phi) is 7.67. The smallest absolute Gasteiger partial charge is 0.332 e. The topological polar surface area (TPSA) is 98.6 Å². The molecule has 44 heavy (non-hydrogen) atoms. The first-order valence-electron chi connectivity index (χ1n) is 14.7. The van der Waals surface area contributed by atoms with Crippen LogP contribution in [-0.2, 0) is 6.54 Å². The molecule has 3 aromatic heterocycles. The van der Waals surface area contributed by atoms with Gasteiger partial charge in [-0.1, -0.05) is 18.2 Å². The van der Waals surface area contributed by atoms with Crippen molar-refractivity contribution in [3.63, 3.8) is 0 Å². The van der Waals surface area contributed by atoms with Crippen molar-refractivity contribution in [3.05, 3.63) is 85.2 Å². The summed E-state index contributed by atoms with van der Waals surface area (Å²) in [6.45, 7) is 4.89. The summed E-state index contributed by atoms with van der Waals surface area (Å²) in [5, 5.41) is 5.83. The van der Waals surface area contributed by atoms with Gasteiger partial charge in [0.05, 0.1) is 45.0 Å². The van der Waals surface area contributed by atoms with E-state index < -0.39 is 17.9 Å². The Morgan fingerprint density at radius 3 is 2.59 bits per heavy atom. The van der Waals surface area contributed by atoms with Gasteiger partial charge in [-0.25, -0.2) is 23.9 Å². The molecule has 2 saturated heterocycles. The SMILES string of the molecule is O=C(Nc1ccc(Nc2ccnc3cc(-c4cn(CCN5CCCC5)cn4)sc23)c(F)c1)N1CCN(c2ccccc2)C1=O. The average molecular weight is 611 g/mol. The molecule has 12 heteroatoms. The lowest BCUT2D eigenvalue weighted by Gasteiger charge is -2.18. The minimum absolute atomic E-state index is 0.237. The van der Waals surface area contributed by atoms with E-state index in [0.717, 1.165) is 50.2 Å². The van der Waals surface area contributed by atoms with Gasteiger partial charge in [-0.2, -0.15) is 0 Å². The maximum absolute atomic E-state index is 15.3. The fourth-order valence-corrected chi connectivity index (χ4v) is 6.68. The Morgan fingerprint density at radius 2 is 1.77 bits per heavy atom. The number of amides is 4. The Bertz CT molecular complexity index is 1820. The molecule has 10 nitrogen and oxygen atoms in total.